The van der Waals surface area contributed by atoms with E-state index in [1.54, 1.807) is 51.1 Å². The predicted octanol–water partition coefficient (Wildman–Crippen LogP) is 4.62. The van der Waals surface area contributed by atoms with E-state index in [-0.39, 0.29) is 44.0 Å². The Hall–Kier alpha value is -3.46. The largest absolute Gasteiger partial charge is 0.396 e. The van der Waals surface area contributed by atoms with Gasteiger partial charge in [0.15, 0.2) is 0 Å². The zero-order chi connectivity index (χ0) is 30.1. The number of unbranched alkanes of at least 4 members (excludes halogenated alkanes) is 1. The molecule has 2 aromatic rings. The predicted molar refractivity (Wildman–Crippen MR) is 163 cm³/mol. The average Bonchev–Trinajstić information content (AvgIpc) is 3.55. The number of hydrogen-bond donors (Lipinski definition) is 1. The van der Waals surface area contributed by atoms with Gasteiger partial charge in [0.25, 0.3) is 5.91 Å². The summed E-state index contributed by atoms with van der Waals surface area (Å²) < 4.78 is 6.81. The molecule has 222 valence electrons. The van der Waals surface area contributed by atoms with Gasteiger partial charge in [-0.1, -0.05) is 54.1 Å². The van der Waals surface area contributed by atoms with E-state index < -0.39 is 29.1 Å². The molecule has 0 aliphatic carbocycles. The summed E-state index contributed by atoms with van der Waals surface area (Å²) >= 11 is 6.54. The third kappa shape index (κ3) is 4.85. The molecule has 0 radical (unpaired) electrons. The van der Waals surface area contributed by atoms with Crippen molar-refractivity contribution in [2.75, 3.05) is 36.0 Å². The first-order valence-corrected chi connectivity index (χ1v) is 14.9. The van der Waals surface area contributed by atoms with Gasteiger partial charge in [0.2, 0.25) is 11.8 Å². The molecule has 0 aromatic heterocycles. The van der Waals surface area contributed by atoms with E-state index in [9.17, 15) is 19.5 Å². The SMILES string of the molecule is C=CCN(C(=O)[C@H]1[C@H]2C(=O)N(CCCCO)C(C(=O)N(CC=C)c3ccccc3Cl)C23CC[C@]1(C)O3)c1ccccc1. The number of benzene rings is 2. The van der Waals surface area contributed by atoms with Crippen LogP contribution < -0.4 is 9.80 Å². The number of likely N-dealkylation sites (tertiary alicyclic amines) is 1. The molecule has 9 heteroatoms. The molecular weight excluding hydrogens is 554 g/mol. The van der Waals surface area contributed by atoms with Gasteiger partial charge in [-0.05, 0) is 56.9 Å². The average molecular weight is 592 g/mol. The van der Waals surface area contributed by atoms with Crippen LogP contribution in [-0.4, -0.2) is 71.2 Å². The number of rotatable bonds is 12. The summed E-state index contributed by atoms with van der Waals surface area (Å²) in [6.07, 6.45) is 5.27. The molecule has 2 bridgehead atoms. The molecule has 1 N–H and O–H groups in total. The highest BCUT2D eigenvalue weighted by molar-refractivity contribution is 6.34. The zero-order valence-electron chi connectivity index (χ0n) is 24.0. The van der Waals surface area contributed by atoms with E-state index >= 15 is 0 Å². The molecule has 3 aliphatic heterocycles. The third-order valence-electron chi connectivity index (χ3n) is 8.95. The Morgan fingerprint density at radius 2 is 1.69 bits per heavy atom. The van der Waals surface area contributed by atoms with Crippen molar-refractivity contribution < 1.29 is 24.2 Å². The molecule has 2 aromatic carbocycles. The maximum absolute atomic E-state index is 14.6. The Balaban J connectivity index is 1.59. The molecule has 5 atom stereocenters. The van der Waals surface area contributed by atoms with Crippen LogP contribution in [0.25, 0.3) is 0 Å². The van der Waals surface area contributed by atoms with Crippen LogP contribution in [0.1, 0.15) is 32.6 Å². The second kappa shape index (κ2) is 12.0. The van der Waals surface area contributed by atoms with Crippen molar-refractivity contribution in [3.63, 3.8) is 0 Å². The van der Waals surface area contributed by atoms with Crippen LogP contribution >= 0.6 is 11.6 Å². The smallest absolute Gasteiger partial charge is 0.253 e. The van der Waals surface area contributed by atoms with Crippen molar-refractivity contribution in [3.05, 3.63) is 84.9 Å². The van der Waals surface area contributed by atoms with Crippen LogP contribution in [0.5, 0.6) is 0 Å². The number of aliphatic hydroxyl groups excluding tert-OH is 1. The summed E-state index contributed by atoms with van der Waals surface area (Å²) in [5, 5.41) is 9.87. The lowest BCUT2D eigenvalue weighted by atomic mass is 9.66. The van der Waals surface area contributed by atoms with E-state index in [1.165, 1.54) is 0 Å². The van der Waals surface area contributed by atoms with Gasteiger partial charge in [-0.15, -0.1) is 13.2 Å². The summed E-state index contributed by atoms with van der Waals surface area (Å²) in [6.45, 7) is 10.3. The summed E-state index contributed by atoms with van der Waals surface area (Å²) in [5.74, 6) is -2.44. The second-order valence-electron chi connectivity index (χ2n) is 11.5. The van der Waals surface area contributed by atoms with E-state index in [4.69, 9.17) is 16.3 Å². The highest BCUT2D eigenvalue weighted by Crippen LogP contribution is 2.63. The number of nitrogens with zero attached hydrogens (tertiary/aromatic N) is 3. The molecule has 3 saturated heterocycles. The Morgan fingerprint density at radius 1 is 1.02 bits per heavy atom. The molecule has 1 spiro atoms. The van der Waals surface area contributed by atoms with Gasteiger partial charge >= 0.3 is 0 Å². The minimum Gasteiger partial charge on any atom is -0.396 e. The molecular formula is C33H38ClN3O5. The summed E-state index contributed by atoms with van der Waals surface area (Å²) in [6, 6.07) is 15.4. The molecule has 8 nitrogen and oxygen atoms in total. The minimum atomic E-state index is -1.18. The summed E-state index contributed by atoms with van der Waals surface area (Å²) in [4.78, 5) is 48.3. The van der Waals surface area contributed by atoms with E-state index in [2.05, 4.69) is 13.2 Å². The van der Waals surface area contributed by atoms with Crippen LogP contribution in [0.15, 0.2) is 79.9 Å². The van der Waals surface area contributed by atoms with Crippen LogP contribution in [0.3, 0.4) is 0 Å². The lowest BCUT2D eigenvalue weighted by molar-refractivity contribution is -0.144. The van der Waals surface area contributed by atoms with Crippen LogP contribution in [0.2, 0.25) is 5.02 Å². The number of halogens is 1. The first-order chi connectivity index (χ1) is 20.2. The monoisotopic (exact) mass is 591 g/mol. The van der Waals surface area contributed by atoms with Crippen LogP contribution in [0, 0.1) is 11.8 Å². The van der Waals surface area contributed by atoms with Gasteiger partial charge in [-0.3, -0.25) is 14.4 Å². The first kappa shape index (κ1) is 30.0. The van der Waals surface area contributed by atoms with Gasteiger partial charge in [0, 0.05) is 31.9 Å². The molecule has 5 rings (SSSR count). The van der Waals surface area contributed by atoms with Crippen molar-refractivity contribution in [2.24, 2.45) is 11.8 Å². The van der Waals surface area contributed by atoms with Crippen LogP contribution in [-0.2, 0) is 19.1 Å². The lowest BCUT2D eigenvalue weighted by Crippen LogP contribution is -2.56. The molecule has 0 saturated carbocycles. The fraction of sp³-hybridized carbons (Fsp3) is 0.424. The Morgan fingerprint density at radius 3 is 2.36 bits per heavy atom. The molecule has 42 heavy (non-hydrogen) atoms. The normalized spacial score (nSPS) is 27.5. The summed E-state index contributed by atoms with van der Waals surface area (Å²) in [7, 11) is 0. The number of carbonyl (C=O) groups excluding carboxylic acids is 3. The molecule has 3 heterocycles. The van der Waals surface area contributed by atoms with Crippen molar-refractivity contribution >= 4 is 40.7 Å². The number of anilines is 2. The standard InChI is InChI=1S/C33H38ClN3O5/c1-4-19-35(23-13-7-6-8-14-23)29(39)26-27-30(40)37(21-11-12-22-38)28(33(27)18-17-32(26,3)42-33)31(41)36(20-5-2)25-16-10-9-15-24(25)34/h4-10,13-16,26-28,38H,1-2,11-12,17-22H2,3H3/t26-,27+,28?,32+,33?/m1/s1. The number of aliphatic hydroxyl groups is 1. The maximum atomic E-state index is 14.6. The first-order valence-electron chi connectivity index (χ1n) is 14.5. The summed E-state index contributed by atoms with van der Waals surface area (Å²) in [5.41, 5.74) is -0.884. The zero-order valence-corrected chi connectivity index (χ0v) is 24.7. The van der Waals surface area contributed by atoms with Crippen LogP contribution in [0.4, 0.5) is 11.4 Å². The molecule has 3 fully saturated rings. The van der Waals surface area contributed by atoms with E-state index in [1.807, 2.05) is 37.3 Å². The fourth-order valence-electron chi connectivity index (χ4n) is 7.20. The Labute approximate surface area is 252 Å². The van der Waals surface area contributed by atoms with Crippen molar-refractivity contribution in [1.82, 2.24) is 4.90 Å². The Kier molecular flexibility index (Phi) is 8.60. The quantitative estimate of drug-likeness (QED) is 0.287. The van der Waals surface area contributed by atoms with Gasteiger partial charge in [-0.2, -0.15) is 0 Å². The van der Waals surface area contributed by atoms with E-state index in [0.29, 0.717) is 42.1 Å². The topological polar surface area (TPSA) is 90.4 Å². The Bertz CT molecular complexity index is 1370. The van der Waals surface area contributed by atoms with Gasteiger partial charge in [0.1, 0.15) is 11.6 Å². The number of para-hydroxylation sites is 2. The maximum Gasteiger partial charge on any atom is 0.253 e. The lowest BCUT2D eigenvalue weighted by Gasteiger charge is -2.37. The van der Waals surface area contributed by atoms with Gasteiger partial charge in [-0.25, -0.2) is 0 Å². The van der Waals surface area contributed by atoms with Gasteiger partial charge in [0.05, 0.1) is 28.1 Å². The molecule has 2 unspecified atom stereocenters. The highest BCUT2D eigenvalue weighted by Gasteiger charge is 2.78. The number of carbonyl (C=O) groups is 3. The highest BCUT2D eigenvalue weighted by atomic mass is 35.5. The van der Waals surface area contributed by atoms with Crippen molar-refractivity contribution in [3.8, 4) is 0 Å². The fourth-order valence-corrected chi connectivity index (χ4v) is 7.44. The van der Waals surface area contributed by atoms with E-state index in [0.717, 1.165) is 0 Å². The molecule has 3 aliphatic rings. The van der Waals surface area contributed by atoms with Gasteiger partial charge < -0.3 is 24.5 Å². The number of hydrogen-bond acceptors (Lipinski definition) is 5. The second-order valence-corrected chi connectivity index (χ2v) is 11.9. The number of amides is 3. The third-order valence-corrected chi connectivity index (χ3v) is 9.27. The number of ether oxygens (including phenoxy) is 1. The number of fused-ring (bicyclic) bond motifs is 1. The molecule has 3 amide bonds. The minimum absolute atomic E-state index is 0.0271. The van der Waals surface area contributed by atoms with Crippen molar-refractivity contribution in [1.29, 1.82) is 0 Å². The van der Waals surface area contributed by atoms with Crippen molar-refractivity contribution in [2.45, 2.75) is 49.9 Å².